The van der Waals surface area contributed by atoms with Crippen molar-refractivity contribution in [3.05, 3.63) is 98.4 Å². The topological polar surface area (TPSA) is 65.8 Å². The smallest absolute Gasteiger partial charge is 0.277 e. The summed E-state index contributed by atoms with van der Waals surface area (Å²) in [6.45, 7) is 0.287. The number of carbonyl (C=O) groups is 1. The molecular formula is C21H18BrN3O3. The van der Waals surface area contributed by atoms with Crippen LogP contribution in [-0.4, -0.2) is 34.3 Å². The highest BCUT2D eigenvalue weighted by atomic mass is 79.9. The predicted octanol–water partition coefficient (Wildman–Crippen LogP) is 3.09. The minimum absolute atomic E-state index is 0.0428. The van der Waals surface area contributed by atoms with Gasteiger partial charge in [0.2, 0.25) is 5.43 Å². The molecule has 1 aliphatic rings. The second-order valence-corrected chi connectivity index (χ2v) is 7.51. The van der Waals surface area contributed by atoms with Crippen LogP contribution in [0, 0.1) is 0 Å². The van der Waals surface area contributed by atoms with E-state index in [9.17, 15) is 14.7 Å². The number of pyridine rings is 1. The van der Waals surface area contributed by atoms with Crippen molar-refractivity contribution in [3.8, 4) is 5.75 Å². The fourth-order valence-corrected chi connectivity index (χ4v) is 3.89. The van der Waals surface area contributed by atoms with Gasteiger partial charge >= 0.3 is 0 Å². The molecule has 142 valence electrons. The summed E-state index contributed by atoms with van der Waals surface area (Å²) in [6.07, 6.45) is 1.54. The van der Waals surface area contributed by atoms with Crippen molar-refractivity contribution in [1.82, 2.24) is 9.58 Å². The van der Waals surface area contributed by atoms with Crippen LogP contribution in [-0.2, 0) is 0 Å². The van der Waals surface area contributed by atoms with Crippen LogP contribution >= 0.6 is 15.9 Å². The van der Waals surface area contributed by atoms with Gasteiger partial charge in [0.1, 0.15) is 6.67 Å². The highest BCUT2D eigenvalue weighted by Crippen LogP contribution is 2.32. The van der Waals surface area contributed by atoms with Crippen LogP contribution in [0.4, 0.5) is 0 Å². The van der Waals surface area contributed by atoms with Gasteiger partial charge in [0, 0.05) is 13.2 Å². The van der Waals surface area contributed by atoms with Crippen molar-refractivity contribution in [2.45, 2.75) is 6.04 Å². The first-order chi connectivity index (χ1) is 13.5. The number of fused-ring (bicyclic) bond motifs is 1. The zero-order valence-electron chi connectivity index (χ0n) is 15.1. The SMILES string of the molecule is CN1CN(C(c2ccccc2)c2ccccc2)n2cc(Br)c(=O)c(O)c2C1=O. The van der Waals surface area contributed by atoms with Crippen LogP contribution in [0.2, 0.25) is 0 Å². The molecule has 0 radical (unpaired) electrons. The van der Waals surface area contributed by atoms with Gasteiger partial charge in [-0.25, -0.2) is 0 Å². The van der Waals surface area contributed by atoms with Gasteiger partial charge < -0.3 is 10.0 Å². The number of benzene rings is 2. The van der Waals surface area contributed by atoms with E-state index >= 15 is 0 Å². The molecule has 0 atom stereocenters. The van der Waals surface area contributed by atoms with Crippen molar-refractivity contribution in [1.29, 1.82) is 0 Å². The Hall–Kier alpha value is -3.06. The molecule has 0 aliphatic carbocycles. The van der Waals surface area contributed by atoms with Gasteiger partial charge in [0.05, 0.1) is 10.5 Å². The third-order valence-electron chi connectivity index (χ3n) is 4.83. The number of hydrogen-bond acceptors (Lipinski definition) is 4. The van der Waals surface area contributed by atoms with Crippen LogP contribution in [0.25, 0.3) is 0 Å². The average Bonchev–Trinajstić information content (AvgIpc) is 2.71. The minimum Gasteiger partial charge on any atom is -0.502 e. The standard InChI is InChI=1S/C21H18BrN3O3/c1-23-13-25(24-12-16(22)19(26)20(27)18(24)21(23)28)17(14-8-4-2-5-9-14)15-10-6-3-7-11-15/h2-12,17,27H,13H2,1H3. The Morgan fingerprint density at radius 1 is 0.964 bits per heavy atom. The van der Waals surface area contributed by atoms with Gasteiger partial charge in [-0.05, 0) is 27.1 Å². The lowest BCUT2D eigenvalue weighted by atomic mass is 9.98. The Balaban J connectivity index is 1.97. The zero-order chi connectivity index (χ0) is 19.8. The van der Waals surface area contributed by atoms with Crippen LogP contribution in [0.5, 0.6) is 5.75 Å². The monoisotopic (exact) mass is 439 g/mol. The molecule has 1 amide bonds. The quantitative estimate of drug-likeness (QED) is 0.680. The number of aromatic nitrogens is 1. The third kappa shape index (κ3) is 2.97. The first-order valence-corrected chi connectivity index (χ1v) is 9.54. The van der Waals surface area contributed by atoms with Crippen molar-refractivity contribution >= 4 is 21.8 Å². The van der Waals surface area contributed by atoms with Gasteiger partial charge in [-0.1, -0.05) is 60.7 Å². The van der Waals surface area contributed by atoms with E-state index in [4.69, 9.17) is 0 Å². The Morgan fingerprint density at radius 2 is 1.50 bits per heavy atom. The number of hydrogen-bond donors (Lipinski definition) is 1. The summed E-state index contributed by atoms with van der Waals surface area (Å²) in [5.74, 6) is -0.964. The van der Waals surface area contributed by atoms with Crippen LogP contribution in [0.3, 0.4) is 0 Å². The molecule has 1 aliphatic heterocycles. The summed E-state index contributed by atoms with van der Waals surface area (Å²) < 4.78 is 1.77. The molecule has 28 heavy (non-hydrogen) atoms. The maximum atomic E-state index is 12.7. The van der Waals surface area contributed by atoms with Crippen molar-refractivity contribution < 1.29 is 9.90 Å². The first kappa shape index (κ1) is 18.3. The summed E-state index contributed by atoms with van der Waals surface area (Å²) in [7, 11) is 1.65. The second-order valence-electron chi connectivity index (χ2n) is 6.66. The van der Waals surface area contributed by atoms with Crippen LogP contribution in [0.15, 0.2) is 76.1 Å². The van der Waals surface area contributed by atoms with E-state index in [0.717, 1.165) is 11.1 Å². The fraction of sp³-hybridized carbons (Fsp3) is 0.143. The van der Waals surface area contributed by atoms with E-state index in [-0.39, 0.29) is 22.9 Å². The number of aromatic hydroxyl groups is 1. The van der Waals surface area contributed by atoms with Crippen molar-refractivity contribution in [2.75, 3.05) is 18.7 Å². The lowest BCUT2D eigenvalue weighted by molar-refractivity contribution is 0.0726. The number of amides is 1. The normalized spacial score (nSPS) is 13.8. The molecule has 0 unspecified atom stereocenters. The van der Waals surface area contributed by atoms with Crippen LogP contribution in [0.1, 0.15) is 27.7 Å². The maximum Gasteiger partial charge on any atom is 0.277 e. The zero-order valence-corrected chi connectivity index (χ0v) is 16.7. The fourth-order valence-electron chi connectivity index (χ4n) is 3.51. The molecular weight excluding hydrogens is 422 g/mol. The molecule has 2 heterocycles. The van der Waals surface area contributed by atoms with E-state index in [1.807, 2.05) is 65.7 Å². The molecule has 7 heteroatoms. The summed E-state index contributed by atoms with van der Waals surface area (Å²) in [6, 6.07) is 19.6. The molecule has 1 aromatic heterocycles. The van der Waals surface area contributed by atoms with E-state index in [1.165, 1.54) is 4.90 Å². The van der Waals surface area contributed by atoms with Crippen LogP contribution < -0.4 is 10.4 Å². The first-order valence-electron chi connectivity index (χ1n) is 8.75. The minimum atomic E-state index is -0.606. The molecule has 2 aromatic carbocycles. The summed E-state index contributed by atoms with van der Waals surface area (Å²) in [4.78, 5) is 26.4. The molecule has 0 fully saturated rings. The number of halogens is 1. The van der Waals surface area contributed by atoms with Crippen molar-refractivity contribution in [2.24, 2.45) is 0 Å². The Morgan fingerprint density at radius 3 is 2.04 bits per heavy atom. The average molecular weight is 440 g/mol. The van der Waals surface area contributed by atoms with E-state index in [2.05, 4.69) is 15.9 Å². The molecule has 0 bridgehead atoms. The van der Waals surface area contributed by atoms with E-state index in [1.54, 1.807) is 17.9 Å². The number of nitrogens with zero attached hydrogens (tertiary/aromatic N) is 3. The Kier molecular flexibility index (Phi) is 4.68. The Labute approximate surface area is 170 Å². The maximum absolute atomic E-state index is 12.7. The molecule has 4 rings (SSSR count). The summed E-state index contributed by atoms with van der Waals surface area (Å²) >= 11 is 3.20. The van der Waals surface area contributed by atoms with E-state index < -0.39 is 17.1 Å². The number of carbonyl (C=O) groups excluding carboxylic acids is 1. The van der Waals surface area contributed by atoms with Gasteiger partial charge in [-0.15, -0.1) is 0 Å². The van der Waals surface area contributed by atoms with E-state index in [0.29, 0.717) is 0 Å². The largest absolute Gasteiger partial charge is 0.502 e. The molecule has 0 saturated heterocycles. The van der Waals surface area contributed by atoms with Gasteiger partial charge in [-0.2, -0.15) is 0 Å². The Bertz CT molecular complexity index is 1040. The van der Waals surface area contributed by atoms with Gasteiger partial charge in [-0.3, -0.25) is 19.3 Å². The lowest BCUT2D eigenvalue weighted by Gasteiger charge is -2.43. The highest BCUT2D eigenvalue weighted by Gasteiger charge is 2.35. The number of rotatable bonds is 3. The van der Waals surface area contributed by atoms with Gasteiger partial charge in [0.15, 0.2) is 11.4 Å². The summed E-state index contributed by atoms with van der Waals surface area (Å²) in [5.41, 5.74) is 1.40. The van der Waals surface area contributed by atoms with Gasteiger partial charge in [0.25, 0.3) is 5.91 Å². The molecule has 1 N–H and O–H groups in total. The molecule has 6 nitrogen and oxygen atoms in total. The predicted molar refractivity (Wildman–Crippen MR) is 110 cm³/mol. The second kappa shape index (κ2) is 7.16. The highest BCUT2D eigenvalue weighted by molar-refractivity contribution is 9.10. The molecule has 0 saturated carbocycles. The summed E-state index contributed by atoms with van der Waals surface area (Å²) in [5, 5.41) is 12.4. The molecule has 0 spiro atoms. The third-order valence-corrected chi connectivity index (χ3v) is 5.40. The molecule has 3 aromatic rings. The van der Waals surface area contributed by atoms with Crippen molar-refractivity contribution in [3.63, 3.8) is 0 Å². The lowest BCUT2D eigenvalue weighted by Crippen LogP contribution is -2.54.